The van der Waals surface area contributed by atoms with Gasteiger partial charge in [-0.2, -0.15) is 0 Å². The molecule has 2 aromatic heterocycles. The quantitative estimate of drug-likeness (QED) is 0.503. The number of aromatic amines is 1. The van der Waals surface area contributed by atoms with Crippen molar-refractivity contribution in [3.8, 4) is 0 Å². The average molecular weight is 249 g/mol. The molecule has 0 amide bonds. The van der Waals surface area contributed by atoms with Crippen LogP contribution < -0.4 is 0 Å². The molecule has 0 aromatic carbocycles. The van der Waals surface area contributed by atoms with E-state index < -0.39 is 0 Å². The zero-order chi connectivity index (χ0) is 12.3. The van der Waals surface area contributed by atoms with Gasteiger partial charge < -0.3 is 9.72 Å². The monoisotopic (exact) mass is 249 g/mol. The van der Waals surface area contributed by atoms with Crippen LogP contribution in [0.1, 0.15) is 6.92 Å². The first-order valence-corrected chi connectivity index (χ1v) is 5.85. The van der Waals surface area contributed by atoms with Gasteiger partial charge in [0.2, 0.25) is 0 Å². The van der Waals surface area contributed by atoms with Gasteiger partial charge in [-0.3, -0.25) is 4.57 Å². The molecule has 0 aliphatic heterocycles. The topological polar surface area (TPSA) is 42.8 Å². The maximum absolute atomic E-state index is 5.46. The molecule has 0 saturated heterocycles. The number of aromatic nitrogens is 3. The molecule has 1 N–H and O–H groups in total. The Morgan fingerprint density at radius 2 is 2.47 bits per heavy atom. The van der Waals surface area contributed by atoms with E-state index in [1.807, 2.05) is 23.6 Å². The number of ether oxygens (including phenoxy) is 1. The minimum absolute atomic E-state index is 0.586. The standard InChI is InChI=1S/C12H15N3OS/c1-9(2)8-16-7-6-15-11-10(14-12(15)17)4-3-5-13-11/h3-5H,1,6-8H2,2H3,(H,14,17). The van der Waals surface area contributed by atoms with E-state index in [4.69, 9.17) is 17.0 Å². The molecule has 2 heterocycles. The second-order valence-electron chi connectivity index (χ2n) is 3.97. The summed E-state index contributed by atoms with van der Waals surface area (Å²) >= 11 is 5.25. The predicted octanol–water partition coefficient (Wildman–Crippen LogP) is 2.69. The molecule has 0 aliphatic rings. The van der Waals surface area contributed by atoms with Crippen LogP contribution in [-0.2, 0) is 11.3 Å². The summed E-state index contributed by atoms with van der Waals surface area (Å²) in [4.78, 5) is 7.43. The average Bonchev–Trinajstić information content (AvgIpc) is 2.60. The van der Waals surface area contributed by atoms with Crippen molar-refractivity contribution in [2.24, 2.45) is 0 Å². The van der Waals surface area contributed by atoms with Gasteiger partial charge in [0.15, 0.2) is 10.4 Å². The molecule has 17 heavy (non-hydrogen) atoms. The second-order valence-corrected chi connectivity index (χ2v) is 4.35. The van der Waals surface area contributed by atoms with E-state index in [2.05, 4.69) is 16.5 Å². The fourth-order valence-electron chi connectivity index (χ4n) is 1.60. The van der Waals surface area contributed by atoms with Crippen LogP contribution in [0.15, 0.2) is 30.5 Å². The molecule has 2 aromatic rings. The number of nitrogens with one attached hydrogen (secondary N) is 1. The van der Waals surface area contributed by atoms with Crippen molar-refractivity contribution < 1.29 is 4.74 Å². The summed E-state index contributed by atoms with van der Waals surface area (Å²) < 4.78 is 8.09. The molecule has 0 bridgehead atoms. The van der Waals surface area contributed by atoms with Gasteiger partial charge in [-0.25, -0.2) is 4.98 Å². The number of nitrogens with zero attached hydrogens (tertiary/aromatic N) is 2. The number of H-pyrrole nitrogens is 1. The molecule has 4 nitrogen and oxygen atoms in total. The van der Waals surface area contributed by atoms with E-state index in [-0.39, 0.29) is 0 Å². The van der Waals surface area contributed by atoms with E-state index in [9.17, 15) is 0 Å². The summed E-state index contributed by atoms with van der Waals surface area (Å²) in [7, 11) is 0. The first-order valence-electron chi connectivity index (χ1n) is 5.44. The Morgan fingerprint density at radius 3 is 3.24 bits per heavy atom. The van der Waals surface area contributed by atoms with Crippen LogP contribution in [0.3, 0.4) is 0 Å². The van der Waals surface area contributed by atoms with Crippen molar-refractivity contribution in [3.63, 3.8) is 0 Å². The lowest BCUT2D eigenvalue weighted by atomic mass is 10.4. The highest BCUT2D eigenvalue weighted by molar-refractivity contribution is 7.71. The first kappa shape index (κ1) is 12.0. The Labute approximate surface area is 105 Å². The van der Waals surface area contributed by atoms with E-state index in [1.165, 1.54) is 0 Å². The number of rotatable bonds is 5. The molecule has 0 spiro atoms. The lowest BCUT2D eigenvalue weighted by molar-refractivity contribution is 0.148. The summed E-state index contributed by atoms with van der Waals surface area (Å²) in [5.74, 6) is 0. The molecule has 0 saturated carbocycles. The molecule has 0 radical (unpaired) electrons. The van der Waals surface area contributed by atoms with Gasteiger partial charge in [0.1, 0.15) is 0 Å². The highest BCUT2D eigenvalue weighted by Gasteiger charge is 2.04. The fourth-order valence-corrected chi connectivity index (χ4v) is 1.89. The summed E-state index contributed by atoms with van der Waals surface area (Å²) in [5.41, 5.74) is 2.85. The van der Waals surface area contributed by atoms with Gasteiger partial charge in [-0.05, 0) is 31.3 Å². The molecular weight excluding hydrogens is 234 g/mol. The zero-order valence-electron chi connectivity index (χ0n) is 9.77. The van der Waals surface area contributed by atoms with E-state index in [1.54, 1.807) is 6.20 Å². The Balaban J connectivity index is 2.10. The third kappa shape index (κ3) is 2.81. The van der Waals surface area contributed by atoms with Gasteiger partial charge in [-0.1, -0.05) is 12.2 Å². The molecule has 0 unspecified atom stereocenters. The van der Waals surface area contributed by atoms with Crippen LogP contribution in [0.4, 0.5) is 0 Å². The Bertz CT molecular complexity index is 585. The predicted molar refractivity (Wildman–Crippen MR) is 70.6 cm³/mol. The maximum atomic E-state index is 5.46. The molecule has 5 heteroatoms. The highest BCUT2D eigenvalue weighted by Crippen LogP contribution is 2.10. The van der Waals surface area contributed by atoms with Crippen LogP contribution in [-0.4, -0.2) is 27.7 Å². The van der Waals surface area contributed by atoms with Crippen molar-refractivity contribution in [1.82, 2.24) is 14.5 Å². The van der Waals surface area contributed by atoms with Gasteiger partial charge >= 0.3 is 0 Å². The third-order valence-electron chi connectivity index (χ3n) is 2.34. The van der Waals surface area contributed by atoms with Crippen molar-refractivity contribution in [1.29, 1.82) is 0 Å². The summed E-state index contributed by atoms with van der Waals surface area (Å²) in [6.45, 7) is 7.62. The summed E-state index contributed by atoms with van der Waals surface area (Å²) in [6.07, 6.45) is 1.76. The van der Waals surface area contributed by atoms with Crippen molar-refractivity contribution in [2.75, 3.05) is 13.2 Å². The second kappa shape index (κ2) is 5.25. The molecule has 90 valence electrons. The van der Waals surface area contributed by atoms with Crippen LogP contribution in [0.2, 0.25) is 0 Å². The van der Waals surface area contributed by atoms with Crippen LogP contribution in [0.25, 0.3) is 11.2 Å². The summed E-state index contributed by atoms with van der Waals surface area (Å²) in [5, 5.41) is 0. The fraction of sp³-hybridized carbons (Fsp3) is 0.333. The smallest absolute Gasteiger partial charge is 0.179 e. The summed E-state index contributed by atoms with van der Waals surface area (Å²) in [6, 6.07) is 3.85. The number of pyridine rings is 1. The van der Waals surface area contributed by atoms with E-state index in [0.717, 1.165) is 16.7 Å². The van der Waals surface area contributed by atoms with E-state index in [0.29, 0.717) is 24.5 Å². The molecule has 0 atom stereocenters. The normalized spacial score (nSPS) is 10.9. The van der Waals surface area contributed by atoms with Crippen LogP contribution in [0.5, 0.6) is 0 Å². The van der Waals surface area contributed by atoms with Crippen LogP contribution in [0, 0.1) is 4.77 Å². The molecule has 0 aliphatic carbocycles. The number of imidazole rings is 1. The largest absolute Gasteiger partial charge is 0.375 e. The van der Waals surface area contributed by atoms with Gasteiger partial charge in [-0.15, -0.1) is 0 Å². The molecular formula is C12H15N3OS. The first-order chi connectivity index (χ1) is 8.18. The van der Waals surface area contributed by atoms with Crippen LogP contribution >= 0.6 is 12.2 Å². The third-order valence-corrected chi connectivity index (χ3v) is 2.66. The number of hydrogen-bond acceptors (Lipinski definition) is 3. The van der Waals surface area contributed by atoms with Crippen molar-refractivity contribution in [2.45, 2.75) is 13.5 Å². The SMILES string of the molecule is C=C(C)COCCn1c(=S)[nH]c2cccnc21. The highest BCUT2D eigenvalue weighted by atomic mass is 32.1. The van der Waals surface area contributed by atoms with Gasteiger partial charge in [0, 0.05) is 6.20 Å². The van der Waals surface area contributed by atoms with E-state index >= 15 is 0 Å². The number of hydrogen-bond donors (Lipinski definition) is 1. The maximum Gasteiger partial charge on any atom is 0.179 e. The van der Waals surface area contributed by atoms with Gasteiger partial charge in [0.25, 0.3) is 0 Å². The molecule has 2 rings (SSSR count). The van der Waals surface area contributed by atoms with Crippen molar-refractivity contribution in [3.05, 3.63) is 35.3 Å². The zero-order valence-corrected chi connectivity index (χ0v) is 10.6. The Kier molecular flexibility index (Phi) is 3.71. The minimum atomic E-state index is 0.586. The Hall–Kier alpha value is -1.46. The lowest BCUT2D eigenvalue weighted by Gasteiger charge is -2.05. The lowest BCUT2D eigenvalue weighted by Crippen LogP contribution is -2.07. The number of fused-ring (bicyclic) bond motifs is 1. The molecule has 0 fully saturated rings. The Morgan fingerprint density at radius 1 is 1.65 bits per heavy atom. The minimum Gasteiger partial charge on any atom is -0.375 e. The van der Waals surface area contributed by atoms with Gasteiger partial charge in [0.05, 0.1) is 25.3 Å². The van der Waals surface area contributed by atoms with Crippen molar-refractivity contribution >= 4 is 23.4 Å².